The Labute approximate surface area is 160 Å². The molecule has 6 heteroatoms. The summed E-state index contributed by atoms with van der Waals surface area (Å²) in [4.78, 5) is 27.8. The highest BCUT2D eigenvalue weighted by molar-refractivity contribution is 5.94. The lowest BCUT2D eigenvalue weighted by molar-refractivity contribution is 0.0953. The zero-order chi connectivity index (χ0) is 19.5. The number of para-hydroxylation sites is 1. The molecule has 0 radical (unpaired) electrons. The zero-order valence-corrected chi connectivity index (χ0v) is 15.0. The second kappa shape index (κ2) is 7.52. The maximum absolute atomic E-state index is 13.1. The molecule has 0 aliphatic carbocycles. The number of carbonyl (C=O) groups is 1. The minimum Gasteiger partial charge on any atom is -0.361 e. The van der Waals surface area contributed by atoms with E-state index in [1.807, 2.05) is 30.5 Å². The maximum atomic E-state index is 13.1. The van der Waals surface area contributed by atoms with Gasteiger partial charge in [-0.15, -0.1) is 0 Å². The summed E-state index contributed by atoms with van der Waals surface area (Å²) in [6.45, 7) is 0.469. The van der Waals surface area contributed by atoms with Crippen molar-refractivity contribution in [3.63, 3.8) is 0 Å². The van der Waals surface area contributed by atoms with Gasteiger partial charge < -0.3 is 10.3 Å². The van der Waals surface area contributed by atoms with Gasteiger partial charge in [0.2, 0.25) is 0 Å². The molecule has 0 saturated carbocycles. The molecule has 2 heterocycles. The SMILES string of the molecule is O=C(NCCc1c[nH]c2ccccc12)c1ccc(=O)n(-c2ccc(F)cc2)c1. The van der Waals surface area contributed by atoms with E-state index in [2.05, 4.69) is 10.3 Å². The highest BCUT2D eigenvalue weighted by Gasteiger charge is 2.09. The first-order chi connectivity index (χ1) is 13.6. The number of fused-ring (bicyclic) bond motifs is 1. The fourth-order valence-electron chi connectivity index (χ4n) is 3.18. The topological polar surface area (TPSA) is 66.9 Å². The Morgan fingerprint density at radius 1 is 1.04 bits per heavy atom. The van der Waals surface area contributed by atoms with Crippen molar-refractivity contribution >= 4 is 16.8 Å². The normalized spacial score (nSPS) is 10.9. The van der Waals surface area contributed by atoms with Gasteiger partial charge in [0, 0.05) is 41.6 Å². The summed E-state index contributed by atoms with van der Waals surface area (Å²) in [6.07, 6.45) is 4.11. The van der Waals surface area contributed by atoms with Crippen LogP contribution in [0, 0.1) is 5.82 Å². The molecule has 0 aliphatic rings. The average molecular weight is 375 g/mol. The number of amides is 1. The fraction of sp³-hybridized carbons (Fsp3) is 0.0909. The first-order valence-electron chi connectivity index (χ1n) is 8.94. The van der Waals surface area contributed by atoms with E-state index in [1.54, 1.807) is 0 Å². The average Bonchev–Trinajstić information content (AvgIpc) is 3.12. The predicted molar refractivity (Wildman–Crippen MR) is 106 cm³/mol. The Bertz CT molecular complexity index is 1190. The van der Waals surface area contributed by atoms with Crippen LogP contribution in [-0.4, -0.2) is 22.0 Å². The number of benzene rings is 2. The summed E-state index contributed by atoms with van der Waals surface area (Å²) >= 11 is 0. The van der Waals surface area contributed by atoms with Crippen LogP contribution in [0.1, 0.15) is 15.9 Å². The number of hydrogen-bond donors (Lipinski definition) is 2. The van der Waals surface area contributed by atoms with E-state index in [0.29, 0.717) is 24.2 Å². The fourth-order valence-corrected chi connectivity index (χ4v) is 3.18. The van der Waals surface area contributed by atoms with Gasteiger partial charge in [-0.2, -0.15) is 0 Å². The lowest BCUT2D eigenvalue weighted by Gasteiger charge is -2.09. The Balaban J connectivity index is 1.47. The van der Waals surface area contributed by atoms with E-state index in [-0.39, 0.29) is 17.3 Å². The third-order valence-electron chi connectivity index (χ3n) is 4.63. The van der Waals surface area contributed by atoms with Crippen molar-refractivity contribution in [1.29, 1.82) is 0 Å². The Kier molecular flexibility index (Phi) is 4.76. The van der Waals surface area contributed by atoms with Gasteiger partial charge in [-0.1, -0.05) is 18.2 Å². The van der Waals surface area contributed by atoms with E-state index in [9.17, 15) is 14.0 Å². The van der Waals surface area contributed by atoms with Crippen molar-refractivity contribution in [3.05, 3.63) is 100 Å². The highest BCUT2D eigenvalue weighted by Crippen LogP contribution is 2.17. The molecular weight excluding hydrogens is 357 g/mol. The Morgan fingerprint density at radius 3 is 2.64 bits per heavy atom. The lowest BCUT2D eigenvalue weighted by atomic mass is 10.1. The molecule has 0 fully saturated rings. The number of pyridine rings is 1. The summed E-state index contributed by atoms with van der Waals surface area (Å²) in [5.74, 6) is -0.654. The quantitative estimate of drug-likeness (QED) is 0.561. The van der Waals surface area contributed by atoms with Gasteiger partial charge in [0.25, 0.3) is 11.5 Å². The molecule has 0 spiro atoms. The van der Waals surface area contributed by atoms with Crippen molar-refractivity contribution in [1.82, 2.24) is 14.9 Å². The van der Waals surface area contributed by atoms with E-state index >= 15 is 0 Å². The molecule has 5 nitrogen and oxygen atoms in total. The van der Waals surface area contributed by atoms with E-state index in [1.165, 1.54) is 47.2 Å². The number of hydrogen-bond acceptors (Lipinski definition) is 2. The molecular formula is C22H18FN3O2. The summed E-state index contributed by atoms with van der Waals surface area (Å²) < 4.78 is 14.4. The largest absolute Gasteiger partial charge is 0.361 e. The van der Waals surface area contributed by atoms with E-state index in [4.69, 9.17) is 0 Å². The van der Waals surface area contributed by atoms with Gasteiger partial charge in [0.05, 0.1) is 5.56 Å². The molecule has 1 amide bonds. The molecule has 2 aromatic heterocycles. The standard InChI is InChI=1S/C22H18FN3O2/c23-17-6-8-18(9-7-17)26-14-16(5-10-21(26)27)22(28)24-12-11-15-13-25-20-4-2-1-3-19(15)20/h1-10,13-14,25H,11-12H2,(H,24,28). The molecule has 0 unspecified atom stereocenters. The van der Waals surface area contributed by atoms with Crippen LogP contribution >= 0.6 is 0 Å². The summed E-state index contributed by atoms with van der Waals surface area (Å²) in [7, 11) is 0. The summed E-state index contributed by atoms with van der Waals surface area (Å²) in [6, 6.07) is 16.4. The monoisotopic (exact) mass is 375 g/mol. The minimum absolute atomic E-state index is 0.268. The van der Waals surface area contributed by atoms with Gasteiger partial charge in [-0.25, -0.2) is 4.39 Å². The van der Waals surface area contributed by atoms with Crippen LogP contribution in [0.5, 0.6) is 0 Å². The van der Waals surface area contributed by atoms with Crippen LogP contribution in [0.2, 0.25) is 0 Å². The van der Waals surface area contributed by atoms with Crippen molar-refractivity contribution < 1.29 is 9.18 Å². The third-order valence-corrected chi connectivity index (χ3v) is 4.63. The maximum Gasteiger partial charge on any atom is 0.255 e. The minimum atomic E-state index is -0.386. The van der Waals surface area contributed by atoms with Crippen LogP contribution < -0.4 is 10.9 Å². The second-order valence-electron chi connectivity index (χ2n) is 6.47. The number of rotatable bonds is 5. The van der Waals surface area contributed by atoms with E-state index < -0.39 is 0 Å². The first kappa shape index (κ1) is 17.7. The molecule has 0 atom stereocenters. The second-order valence-corrected chi connectivity index (χ2v) is 6.47. The lowest BCUT2D eigenvalue weighted by Crippen LogP contribution is -2.27. The molecule has 4 aromatic rings. The molecule has 28 heavy (non-hydrogen) atoms. The van der Waals surface area contributed by atoms with Gasteiger partial charge in [0.1, 0.15) is 5.82 Å². The third kappa shape index (κ3) is 3.57. The number of aromatic amines is 1. The van der Waals surface area contributed by atoms with Gasteiger partial charge in [-0.3, -0.25) is 14.2 Å². The molecule has 0 aliphatic heterocycles. The van der Waals surface area contributed by atoms with Crippen molar-refractivity contribution in [2.45, 2.75) is 6.42 Å². The van der Waals surface area contributed by atoms with Gasteiger partial charge in [-0.05, 0) is 48.4 Å². The molecule has 0 bridgehead atoms. The van der Waals surface area contributed by atoms with Crippen molar-refractivity contribution in [2.75, 3.05) is 6.54 Å². The highest BCUT2D eigenvalue weighted by atomic mass is 19.1. The van der Waals surface area contributed by atoms with Crippen LogP contribution in [0.4, 0.5) is 4.39 Å². The number of H-pyrrole nitrogens is 1. The molecule has 4 rings (SSSR count). The Hall–Kier alpha value is -3.67. The Morgan fingerprint density at radius 2 is 1.82 bits per heavy atom. The molecule has 2 aromatic carbocycles. The smallest absolute Gasteiger partial charge is 0.255 e. The number of halogens is 1. The zero-order valence-electron chi connectivity index (χ0n) is 15.0. The van der Waals surface area contributed by atoms with Crippen LogP contribution in [-0.2, 0) is 6.42 Å². The first-order valence-corrected chi connectivity index (χ1v) is 8.94. The van der Waals surface area contributed by atoms with Crippen molar-refractivity contribution in [2.24, 2.45) is 0 Å². The number of nitrogens with zero attached hydrogens (tertiary/aromatic N) is 1. The summed E-state index contributed by atoms with van der Waals surface area (Å²) in [5.41, 5.74) is 2.77. The number of carbonyl (C=O) groups excluding carboxylic acids is 1. The van der Waals surface area contributed by atoms with Crippen molar-refractivity contribution in [3.8, 4) is 5.69 Å². The molecule has 0 saturated heterocycles. The summed E-state index contributed by atoms with van der Waals surface area (Å²) in [5, 5.41) is 4.02. The number of nitrogens with one attached hydrogen (secondary N) is 2. The van der Waals surface area contributed by atoms with E-state index in [0.717, 1.165) is 16.5 Å². The van der Waals surface area contributed by atoms with Gasteiger partial charge >= 0.3 is 0 Å². The predicted octanol–water partition coefficient (Wildman–Crippen LogP) is 3.43. The van der Waals surface area contributed by atoms with Crippen LogP contribution in [0.25, 0.3) is 16.6 Å². The van der Waals surface area contributed by atoms with Gasteiger partial charge in [0.15, 0.2) is 0 Å². The molecule has 2 N–H and O–H groups in total. The van der Waals surface area contributed by atoms with Crippen LogP contribution in [0.3, 0.4) is 0 Å². The number of aromatic nitrogens is 2. The van der Waals surface area contributed by atoms with Crippen LogP contribution in [0.15, 0.2) is 77.9 Å². The molecule has 140 valence electrons.